The Labute approximate surface area is 161 Å². The molecule has 1 aliphatic rings. The van der Waals surface area contributed by atoms with Gasteiger partial charge >= 0.3 is 0 Å². The van der Waals surface area contributed by atoms with Crippen molar-refractivity contribution < 1.29 is 4.79 Å². The minimum Gasteiger partial charge on any atom is -0.356 e. The van der Waals surface area contributed by atoms with Crippen molar-refractivity contribution in [2.24, 2.45) is 0 Å². The van der Waals surface area contributed by atoms with Gasteiger partial charge in [0.2, 0.25) is 5.91 Å². The van der Waals surface area contributed by atoms with Gasteiger partial charge < -0.3 is 10.3 Å². The quantitative estimate of drug-likeness (QED) is 0.580. The Bertz CT molecular complexity index is 1250. The average molecular weight is 372 g/mol. The zero-order valence-electron chi connectivity index (χ0n) is 15.3. The Morgan fingerprint density at radius 2 is 1.93 bits per heavy atom. The van der Waals surface area contributed by atoms with E-state index >= 15 is 0 Å². The minimum absolute atomic E-state index is 0.0696. The maximum absolute atomic E-state index is 12.7. The molecule has 0 bridgehead atoms. The van der Waals surface area contributed by atoms with Crippen molar-refractivity contribution in [2.45, 2.75) is 31.8 Å². The van der Waals surface area contributed by atoms with E-state index in [2.05, 4.69) is 27.5 Å². The highest BCUT2D eigenvalue weighted by atomic mass is 16.2. The molecule has 6 heteroatoms. The lowest BCUT2D eigenvalue weighted by Crippen LogP contribution is -2.36. The molecule has 2 heterocycles. The van der Waals surface area contributed by atoms with Gasteiger partial charge in [-0.2, -0.15) is 5.10 Å². The van der Waals surface area contributed by atoms with Crippen molar-refractivity contribution in [3.8, 4) is 0 Å². The highest BCUT2D eigenvalue weighted by Gasteiger charge is 2.25. The van der Waals surface area contributed by atoms with E-state index in [4.69, 9.17) is 0 Å². The van der Waals surface area contributed by atoms with Gasteiger partial charge in [0.25, 0.3) is 5.56 Å². The Morgan fingerprint density at radius 1 is 1.14 bits per heavy atom. The molecule has 5 rings (SSSR count). The number of aryl methyl sites for hydroxylation is 1. The number of carbonyl (C=O) groups is 1. The van der Waals surface area contributed by atoms with Crippen LogP contribution in [0.15, 0.2) is 59.5 Å². The molecule has 1 amide bonds. The third-order valence-corrected chi connectivity index (χ3v) is 5.51. The lowest BCUT2D eigenvalue weighted by atomic mass is 9.91. The molecular formula is C22H20N4O2. The topological polar surface area (TPSA) is 79.8 Å². The highest BCUT2D eigenvalue weighted by molar-refractivity contribution is 5.86. The van der Waals surface area contributed by atoms with Crippen LogP contribution in [-0.2, 0) is 17.8 Å². The Hall–Kier alpha value is -3.41. The number of amides is 1. The number of para-hydroxylation sites is 1. The molecule has 0 aliphatic heterocycles. The first-order chi connectivity index (χ1) is 13.7. The van der Waals surface area contributed by atoms with Crippen molar-refractivity contribution in [3.05, 3.63) is 76.3 Å². The summed E-state index contributed by atoms with van der Waals surface area (Å²) in [5.41, 5.74) is 3.22. The number of hydrogen-bond donors (Lipinski definition) is 2. The summed E-state index contributed by atoms with van der Waals surface area (Å²) in [6.07, 6.45) is 4.54. The first-order valence-electron chi connectivity index (χ1n) is 9.54. The Balaban J connectivity index is 1.40. The first-order valence-corrected chi connectivity index (χ1v) is 9.54. The summed E-state index contributed by atoms with van der Waals surface area (Å²) in [5.74, 6) is -0.207. The second-order valence-electron chi connectivity index (χ2n) is 7.27. The van der Waals surface area contributed by atoms with Gasteiger partial charge in [-0.1, -0.05) is 36.4 Å². The van der Waals surface area contributed by atoms with Crippen LogP contribution in [0, 0.1) is 0 Å². The number of fused-ring (bicyclic) bond motifs is 4. The van der Waals surface area contributed by atoms with Gasteiger partial charge in [-0.15, -0.1) is 0 Å². The van der Waals surface area contributed by atoms with E-state index in [0.29, 0.717) is 5.39 Å². The van der Waals surface area contributed by atoms with Gasteiger partial charge in [-0.3, -0.25) is 9.59 Å². The van der Waals surface area contributed by atoms with E-state index in [-0.39, 0.29) is 24.1 Å². The minimum atomic E-state index is -0.247. The lowest BCUT2D eigenvalue weighted by Gasteiger charge is -2.24. The van der Waals surface area contributed by atoms with Crippen molar-refractivity contribution in [1.82, 2.24) is 20.1 Å². The third-order valence-electron chi connectivity index (χ3n) is 5.51. The second-order valence-corrected chi connectivity index (χ2v) is 7.27. The third kappa shape index (κ3) is 2.78. The highest BCUT2D eigenvalue weighted by Crippen LogP contribution is 2.34. The maximum Gasteiger partial charge on any atom is 0.275 e. The van der Waals surface area contributed by atoms with Gasteiger partial charge in [0.1, 0.15) is 6.54 Å². The molecule has 2 aromatic carbocycles. The van der Waals surface area contributed by atoms with Gasteiger partial charge in [-0.05, 0) is 37.0 Å². The lowest BCUT2D eigenvalue weighted by molar-refractivity contribution is -0.122. The van der Waals surface area contributed by atoms with Crippen LogP contribution >= 0.6 is 0 Å². The van der Waals surface area contributed by atoms with Crippen LogP contribution in [0.5, 0.6) is 0 Å². The van der Waals surface area contributed by atoms with Crippen LogP contribution in [0.4, 0.5) is 0 Å². The number of benzene rings is 2. The number of H-pyrrole nitrogens is 1. The maximum atomic E-state index is 12.7. The van der Waals surface area contributed by atoms with E-state index in [9.17, 15) is 9.59 Å². The molecule has 2 N–H and O–H groups in total. The fourth-order valence-electron chi connectivity index (χ4n) is 4.18. The van der Waals surface area contributed by atoms with Crippen LogP contribution in [0.1, 0.15) is 30.1 Å². The Morgan fingerprint density at radius 3 is 2.82 bits per heavy atom. The molecule has 1 unspecified atom stereocenters. The number of rotatable bonds is 3. The van der Waals surface area contributed by atoms with Crippen LogP contribution in [0.2, 0.25) is 0 Å². The zero-order chi connectivity index (χ0) is 19.1. The molecule has 4 aromatic rings. The standard InChI is InChI=1S/C22H20N4O2/c27-20(13-26-22(28)15-7-2-1-6-14(15)12-23-26)24-19-11-5-9-17-16-8-3-4-10-18(16)25-21(17)19/h1-4,6-8,10,12,19,25H,5,9,11,13H2,(H,24,27). The van der Waals surface area contributed by atoms with Crippen molar-refractivity contribution >= 4 is 27.6 Å². The molecule has 0 saturated carbocycles. The molecule has 0 fully saturated rings. The smallest absolute Gasteiger partial charge is 0.275 e. The number of carbonyl (C=O) groups excluding carboxylic acids is 1. The molecule has 1 aliphatic carbocycles. The molecule has 1 atom stereocenters. The molecule has 0 saturated heterocycles. The summed E-state index contributed by atoms with van der Waals surface area (Å²) in [5, 5.41) is 9.82. The number of nitrogens with zero attached hydrogens (tertiary/aromatic N) is 2. The summed E-state index contributed by atoms with van der Waals surface area (Å²) in [6, 6.07) is 15.4. The van der Waals surface area contributed by atoms with E-state index in [1.54, 1.807) is 12.3 Å². The monoisotopic (exact) mass is 372 g/mol. The van der Waals surface area contributed by atoms with Crippen LogP contribution in [0.3, 0.4) is 0 Å². The summed E-state index contributed by atoms with van der Waals surface area (Å²) >= 11 is 0. The van der Waals surface area contributed by atoms with Crippen LogP contribution in [-0.4, -0.2) is 20.7 Å². The zero-order valence-corrected chi connectivity index (χ0v) is 15.3. The number of aromatic nitrogens is 3. The van der Waals surface area contributed by atoms with E-state index in [1.807, 2.05) is 30.3 Å². The summed E-state index contributed by atoms with van der Waals surface area (Å²) in [6.45, 7) is -0.0876. The predicted molar refractivity (Wildman–Crippen MR) is 108 cm³/mol. The molecule has 140 valence electrons. The van der Waals surface area contributed by atoms with Crippen LogP contribution in [0.25, 0.3) is 21.7 Å². The van der Waals surface area contributed by atoms with E-state index < -0.39 is 0 Å². The number of aromatic amines is 1. The summed E-state index contributed by atoms with van der Waals surface area (Å²) in [4.78, 5) is 28.7. The molecule has 6 nitrogen and oxygen atoms in total. The van der Waals surface area contributed by atoms with Crippen molar-refractivity contribution in [2.75, 3.05) is 0 Å². The van der Waals surface area contributed by atoms with Gasteiger partial charge in [0.05, 0.1) is 17.6 Å². The predicted octanol–water partition coefficient (Wildman–Crippen LogP) is 3.07. The van der Waals surface area contributed by atoms with E-state index in [1.165, 1.54) is 15.6 Å². The molecule has 2 aromatic heterocycles. The number of nitrogens with one attached hydrogen (secondary N) is 2. The summed E-state index contributed by atoms with van der Waals surface area (Å²) in [7, 11) is 0. The molecule has 0 radical (unpaired) electrons. The van der Waals surface area contributed by atoms with Gasteiger partial charge in [-0.25, -0.2) is 4.68 Å². The fourth-order valence-corrected chi connectivity index (χ4v) is 4.18. The fraction of sp³-hybridized carbons (Fsp3) is 0.227. The average Bonchev–Trinajstić information content (AvgIpc) is 3.10. The molecule has 0 spiro atoms. The van der Waals surface area contributed by atoms with Gasteiger partial charge in [0, 0.05) is 22.0 Å². The Kier molecular flexibility index (Phi) is 3.97. The van der Waals surface area contributed by atoms with Crippen molar-refractivity contribution in [3.63, 3.8) is 0 Å². The molecule has 28 heavy (non-hydrogen) atoms. The summed E-state index contributed by atoms with van der Waals surface area (Å²) < 4.78 is 1.23. The van der Waals surface area contributed by atoms with Gasteiger partial charge in [0.15, 0.2) is 0 Å². The normalized spacial score (nSPS) is 16.2. The first kappa shape index (κ1) is 16.7. The van der Waals surface area contributed by atoms with E-state index in [0.717, 1.165) is 35.9 Å². The van der Waals surface area contributed by atoms with Crippen LogP contribution < -0.4 is 10.9 Å². The SMILES string of the molecule is O=C(Cn1ncc2ccccc2c1=O)NC1CCCc2c1[nH]c1ccccc21. The second kappa shape index (κ2) is 6.64. The largest absolute Gasteiger partial charge is 0.356 e. The molecular weight excluding hydrogens is 352 g/mol. The number of hydrogen-bond acceptors (Lipinski definition) is 3. The van der Waals surface area contributed by atoms with Crippen molar-refractivity contribution in [1.29, 1.82) is 0 Å².